The van der Waals surface area contributed by atoms with Crippen molar-refractivity contribution in [2.24, 2.45) is 0 Å². The van der Waals surface area contributed by atoms with E-state index in [1.54, 1.807) is 0 Å². The topological polar surface area (TPSA) is 29.5 Å². The lowest BCUT2D eigenvalue weighted by Gasteiger charge is -2.34. The lowest BCUT2D eigenvalue weighted by molar-refractivity contribution is 0.0145. The summed E-state index contributed by atoms with van der Waals surface area (Å²) in [7, 11) is 0. The van der Waals surface area contributed by atoms with Crippen molar-refractivity contribution in [1.82, 2.24) is 4.90 Å². The lowest BCUT2D eigenvalue weighted by Crippen LogP contribution is -2.39. The summed E-state index contributed by atoms with van der Waals surface area (Å²) in [6.07, 6.45) is 0.508. The number of hydrogen-bond donors (Lipinski definition) is 0. The largest absolute Gasteiger partial charge is 0.379 e. The zero-order chi connectivity index (χ0) is 15.2. The van der Waals surface area contributed by atoms with Crippen molar-refractivity contribution in [1.29, 1.82) is 0 Å². The molecular weight excluding hydrogens is 274 g/mol. The molecule has 1 fully saturated rings. The van der Waals surface area contributed by atoms with E-state index in [9.17, 15) is 4.79 Å². The summed E-state index contributed by atoms with van der Waals surface area (Å²) >= 11 is 0. The maximum Gasteiger partial charge on any atom is 0.164 e. The molecule has 1 heterocycles. The summed E-state index contributed by atoms with van der Waals surface area (Å²) in [5.74, 6) is 0.195. The van der Waals surface area contributed by atoms with Gasteiger partial charge in [0.25, 0.3) is 0 Å². The van der Waals surface area contributed by atoms with Crippen LogP contribution in [0.25, 0.3) is 0 Å². The molecule has 0 spiro atoms. The Morgan fingerprint density at radius 3 is 2.18 bits per heavy atom. The van der Waals surface area contributed by atoms with Crippen LogP contribution < -0.4 is 0 Å². The molecule has 1 atom stereocenters. The van der Waals surface area contributed by atoms with Crippen molar-refractivity contribution < 1.29 is 9.53 Å². The van der Waals surface area contributed by atoms with E-state index in [2.05, 4.69) is 17.0 Å². The Hall–Kier alpha value is -1.97. The van der Waals surface area contributed by atoms with Gasteiger partial charge in [-0.2, -0.15) is 0 Å². The first kappa shape index (κ1) is 14.9. The normalized spacial score (nSPS) is 17.1. The number of carbonyl (C=O) groups is 1. The van der Waals surface area contributed by atoms with Gasteiger partial charge in [-0.3, -0.25) is 9.69 Å². The van der Waals surface area contributed by atoms with Crippen LogP contribution in [-0.2, 0) is 4.74 Å². The van der Waals surface area contributed by atoms with E-state index in [4.69, 9.17) is 4.74 Å². The van der Waals surface area contributed by atoms with Gasteiger partial charge < -0.3 is 4.74 Å². The van der Waals surface area contributed by atoms with Crippen molar-refractivity contribution >= 4 is 5.78 Å². The maximum absolute atomic E-state index is 12.6. The minimum absolute atomic E-state index is 0.123. The predicted octanol–water partition coefficient (Wildman–Crippen LogP) is 3.33. The van der Waals surface area contributed by atoms with Crippen molar-refractivity contribution in [3.8, 4) is 0 Å². The third kappa shape index (κ3) is 3.62. The molecule has 114 valence electrons. The fourth-order valence-electron chi connectivity index (χ4n) is 2.94. The number of ketones is 1. The Morgan fingerprint density at radius 2 is 1.55 bits per heavy atom. The van der Waals surface area contributed by atoms with Gasteiger partial charge in [0.2, 0.25) is 0 Å². The molecule has 1 saturated heterocycles. The summed E-state index contributed by atoms with van der Waals surface area (Å²) in [5, 5.41) is 0. The molecule has 3 heteroatoms. The van der Waals surface area contributed by atoms with Crippen molar-refractivity contribution in [2.75, 3.05) is 26.3 Å². The zero-order valence-electron chi connectivity index (χ0n) is 12.7. The molecular formula is C19H21NO2. The molecule has 0 amide bonds. The molecule has 0 bridgehead atoms. The molecule has 2 aromatic carbocycles. The van der Waals surface area contributed by atoms with Crippen LogP contribution >= 0.6 is 0 Å². The average molecular weight is 295 g/mol. The summed E-state index contributed by atoms with van der Waals surface area (Å²) in [5.41, 5.74) is 1.99. The summed E-state index contributed by atoms with van der Waals surface area (Å²) in [6, 6.07) is 20.0. The molecule has 1 unspecified atom stereocenters. The van der Waals surface area contributed by atoms with E-state index in [0.717, 1.165) is 31.9 Å². The van der Waals surface area contributed by atoms with Crippen molar-refractivity contribution in [3.05, 3.63) is 71.8 Å². The quantitative estimate of drug-likeness (QED) is 0.792. The first-order valence-corrected chi connectivity index (χ1v) is 7.79. The maximum atomic E-state index is 12.6. The van der Waals surface area contributed by atoms with Gasteiger partial charge >= 0.3 is 0 Å². The van der Waals surface area contributed by atoms with Crippen LogP contribution in [0.15, 0.2) is 60.7 Å². The van der Waals surface area contributed by atoms with E-state index >= 15 is 0 Å². The zero-order valence-corrected chi connectivity index (χ0v) is 12.7. The second-order valence-corrected chi connectivity index (χ2v) is 5.57. The molecule has 3 rings (SSSR count). The highest BCUT2D eigenvalue weighted by Gasteiger charge is 2.25. The van der Waals surface area contributed by atoms with E-state index in [1.807, 2.05) is 48.5 Å². The Labute approximate surface area is 131 Å². The lowest BCUT2D eigenvalue weighted by atomic mass is 9.96. The fraction of sp³-hybridized carbons (Fsp3) is 0.316. The second-order valence-electron chi connectivity index (χ2n) is 5.57. The van der Waals surface area contributed by atoms with E-state index in [1.165, 1.54) is 5.56 Å². The molecule has 0 aliphatic carbocycles. The number of carbonyl (C=O) groups excluding carboxylic acids is 1. The summed E-state index contributed by atoms with van der Waals surface area (Å²) in [4.78, 5) is 15.0. The number of morpholine rings is 1. The highest BCUT2D eigenvalue weighted by molar-refractivity contribution is 5.96. The number of nitrogens with zero attached hydrogens (tertiary/aromatic N) is 1. The minimum Gasteiger partial charge on any atom is -0.379 e. The standard InChI is InChI=1S/C19H21NO2/c21-19(17-9-5-2-6-10-17)15-18(16-7-3-1-4-8-16)20-11-13-22-14-12-20/h1-10,18H,11-15H2. The van der Waals surface area contributed by atoms with Gasteiger partial charge in [-0.25, -0.2) is 0 Å². The monoisotopic (exact) mass is 295 g/mol. The number of benzene rings is 2. The predicted molar refractivity (Wildman–Crippen MR) is 87.0 cm³/mol. The highest BCUT2D eigenvalue weighted by Crippen LogP contribution is 2.26. The van der Waals surface area contributed by atoms with Gasteiger partial charge in [0.15, 0.2) is 5.78 Å². The smallest absolute Gasteiger partial charge is 0.164 e. The van der Waals surface area contributed by atoms with Crippen LogP contribution in [0.5, 0.6) is 0 Å². The van der Waals surface area contributed by atoms with Crippen molar-refractivity contribution in [2.45, 2.75) is 12.5 Å². The van der Waals surface area contributed by atoms with Gasteiger partial charge in [-0.15, -0.1) is 0 Å². The molecule has 0 saturated carbocycles. The van der Waals surface area contributed by atoms with Gasteiger partial charge in [-0.1, -0.05) is 60.7 Å². The molecule has 1 aliphatic rings. The van der Waals surface area contributed by atoms with Crippen molar-refractivity contribution in [3.63, 3.8) is 0 Å². The molecule has 3 nitrogen and oxygen atoms in total. The van der Waals surface area contributed by atoms with Crippen LogP contribution in [0.2, 0.25) is 0 Å². The Balaban J connectivity index is 1.81. The van der Waals surface area contributed by atoms with E-state index < -0.39 is 0 Å². The summed E-state index contributed by atoms with van der Waals surface area (Å²) in [6.45, 7) is 3.23. The minimum atomic E-state index is 0.123. The van der Waals surface area contributed by atoms with Crippen LogP contribution in [0.1, 0.15) is 28.4 Å². The van der Waals surface area contributed by atoms with Crippen LogP contribution in [0.4, 0.5) is 0 Å². The fourth-order valence-corrected chi connectivity index (χ4v) is 2.94. The van der Waals surface area contributed by atoms with Gasteiger partial charge in [0, 0.05) is 31.1 Å². The second kappa shape index (κ2) is 7.34. The number of ether oxygens (including phenoxy) is 1. The average Bonchev–Trinajstić information content (AvgIpc) is 2.62. The van der Waals surface area contributed by atoms with Gasteiger partial charge in [0.05, 0.1) is 13.2 Å². The molecule has 0 N–H and O–H groups in total. The number of Topliss-reactive ketones (excluding diaryl/α,β-unsaturated/α-hetero) is 1. The first-order valence-electron chi connectivity index (χ1n) is 7.79. The number of rotatable bonds is 5. The number of hydrogen-bond acceptors (Lipinski definition) is 3. The van der Waals surface area contributed by atoms with E-state index in [-0.39, 0.29) is 11.8 Å². The molecule has 0 radical (unpaired) electrons. The van der Waals surface area contributed by atoms with Crippen LogP contribution in [0.3, 0.4) is 0 Å². The third-order valence-corrected chi connectivity index (χ3v) is 4.15. The molecule has 22 heavy (non-hydrogen) atoms. The first-order chi connectivity index (χ1) is 10.8. The van der Waals surface area contributed by atoms with Gasteiger partial charge in [-0.05, 0) is 5.56 Å². The highest BCUT2D eigenvalue weighted by atomic mass is 16.5. The van der Waals surface area contributed by atoms with Crippen LogP contribution in [0, 0.1) is 0 Å². The summed E-state index contributed by atoms with van der Waals surface area (Å²) < 4.78 is 5.45. The molecule has 1 aliphatic heterocycles. The van der Waals surface area contributed by atoms with E-state index in [0.29, 0.717) is 6.42 Å². The third-order valence-electron chi connectivity index (χ3n) is 4.15. The van der Waals surface area contributed by atoms with Gasteiger partial charge in [0.1, 0.15) is 0 Å². The SMILES string of the molecule is O=C(CC(c1ccccc1)N1CCOCC1)c1ccccc1. The Bertz CT molecular complexity index is 591. The molecule has 2 aromatic rings. The van der Waals surface area contributed by atoms with Crippen LogP contribution in [-0.4, -0.2) is 37.0 Å². The Kier molecular flexibility index (Phi) is 4.99. The molecule has 0 aromatic heterocycles. The Morgan fingerprint density at radius 1 is 0.955 bits per heavy atom.